The van der Waals surface area contributed by atoms with E-state index in [9.17, 15) is 13.2 Å². The molecule has 8 heteroatoms. The quantitative estimate of drug-likeness (QED) is 0.829. The summed E-state index contributed by atoms with van der Waals surface area (Å²) >= 11 is 0. The molecule has 1 aliphatic heterocycles. The summed E-state index contributed by atoms with van der Waals surface area (Å²) in [4.78, 5) is 13.1. The number of nitrogens with zero attached hydrogens (tertiary/aromatic N) is 1. The summed E-state index contributed by atoms with van der Waals surface area (Å²) in [6.45, 7) is 1.60. The lowest BCUT2D eigenvalue weighted by Gasteiger charge is -2.37. The Morgan fingerprint density at radius 1 is 1.32 bits per heavy atom. The summed E-state index contributed by atoms with van der Waals surface area (Å²) in [5.41, 5.74) is 0.183. The topological polar surface area (TPSA) is 78.5 Å². The van der Waals surface area contributed by atoms with E-state index in [0.29, 0.717) is 18.2 Å². The zero-order valence-corrected chi connectivity index (χ0v) is 16.3. The summed E-state index contributed by atoms with van der Waals surface area (Å²) in [5, 5.41) is 6.32. The van der Waals surface area contributed by atoms with Gasteiger partial charge in [0.1, 0.15) is 0 Å². The second kappa shape index (κ2) is 7.61. The summed E-state index contributed by atoms with van der Waals surface area (Å²) < 4.78 is 25.7. The maximum atomic E-state index is 13.0. The van der Waals surface area contributed by atoms with E-state index >= 15 is 0 Å². The van der Waals surface area contributed by atoms with Gasteiger partial charge in [0, 0.05) is 26.3 Å². The molecule has 6 nitrogen and oxygen atoms in total. The number of hydrogen-bond acceptors (Lipinski definition) is 4. The largest absolute Gasteiger partial charge is 0.326 e. The first kappa shape index (κ1) is 20.2. The minimum atomic E-state index is -3.51. The molecule has 0 aromatic heterocycles. The minimum absolute atomic E-state index is 0. The molecule has 1 saturated heterocycles. The first-order chi connectivity index (χ1) is 11.4. The molecule has 1 aliphatic carbocycles. The van der Waals surface area contributed by atoms with Crippen LogP contribution >= 0.6 is 12.4 Å². The van der Waals surface area contributed by atoms with Crippen LogP contribution in [0.2, 0.25) is 0 Å². The van der Waals surface area contributed by atoms with Crippen molar-refractivity contribution in [2.45, 2.75) is 30.6 Å². The van der Waals surface area contributed by atoms with Gasteiger partial charge in [-0.05, 0) is 43.5 Å². The normalized spacial score (nSPS) is 26.0. The third kappa shape index (κ3) is 3.69. The second-order valence-electron chi connectivity index (χ2n) is 7.00. The van der Waals surface area contributed by atoms with Gasteiger partial charge in [-0.25, -0.2) is 12.7 Å². The van der Waals surface area contributed by atoms with E-state index < -0.39 is 10.0 Å². The van der Waals surface area contributed by atoms with Gasteiger partial charge >= 0.3 is 0 Å². The molecule has 2 fully saturated rings. The third-order valence-corrected chi connectivity index (χ3v) is 7.17. The molecule has 2 aliphatic rings. The highest BCUT2D eigenvalue weighted by Crippen LogP contribution is 2.44. The maximum Gasteiger partial charge on any atom is 0.242 e. The van der Waals surface area contributed by atoms with Crippen LogP contribution in [0.3, 0.4) is 0 Å². The fourth-order valence-electron chi connectivity index (χ4n) is 3.89. The zero-order chi connectivity index (χ0) is 17.4. The molecule has 2 N–H and O–H groups in total. The molecule has 0 spiro atoms. The monoisotopic (exact) mass is 387 g/mol. The smallest absolute Gasteiger partial charge is 0.242 e. The van der Waals surface area contributed by atoms with Crippen molar-refractivity contribution in [2.24, 2.45) is 11.3 Å². The summed E-state index contributed by atoms with van der Waals surface area (Å²) in [5.74, 6) is 0.386. The lowest BCUT2D eigenvalue weighted by atomic mass is 9.67. The predicted molar refractivity (Wildman–Crippen MR) is 100 cm³/mol. The Balaban J connectivity index is 0.00000225. The number of halogens is 1. The lowest BCUT2D eigenvalue weighted by molar-refractivity contribution is -0.128. The Hall–Kier alpha value is -1.15. The number of fused-ring (bicyclic) bond motifs is 1. The van der Waals surface area contributed by atoms with Gasteiger partial charge in [0.15, 0.2) is 0 Å². The van der Waals surface area contributed by atoms with E-state index in [1.54, 1.807) is 18.2 Å². The van der Waals surface area contributed by atoms with E-state index in [0.717, 1.165) is 25.8 Å². The van der Waals surface area contributed by atoms with Gasteiger partial charge in [-0.2, -0.15) is 0 Å². The summed E-state index contributed by atoms with van der Waals surface area (Å²) in [6, 6.07) is 6.48. The molecule has 140 valence electrons. The number of anilines is 1. The molecule has 25 heavy (non-hydrogen) atoms. The Bertz CT molecular complexity index is 738. The Morgan fingerprint density at radius 2 is 2.08 bits per heavy atom. The van der Waals surface area contributed by atoms with Gasteiger partial charge in [0.2, 0.25) is 15.9 Å². The Labute approximate surface area is 155 Å². The van der Waals surface area contributed by atoms with Gasteiger partial charge < -0.3 is 10.6 Å². The van der Waals surface area contributed by atoms with E-state index in [1.165, 1.54) is 30.9 Å². The number of amides is 1. The highest BCUT2D eigenvalue weighted by atomic mass is 35.5. The molecule has 1 aromatic carbocycles. The first-order valence-electron chi connectivity index (χ1n) is 8.41. The van der Waals surface area contributed by atoms with Crippen molar-refractivity contribution in [1.82, 2.24) is 9.62 Å². The number of sulfonamides is 1. The number of benzene rings is 1. The number of hydrogen-bond donors (Lipinski definition) is 2. The average Bonchev–Trinajstić information content (AvgIpc) is 3.00. The summed E-state index contributed by atoms with van der Waals surface area (Å²) in [6.07, 6.45) is 4.22. The fourth-order valence-corrected chi connectivity index (χ4v) is 4.84. The SMILES string of the molecule is CN(C)S(=O)(=O)c1cccc(NC(=O)[C@@]23CCCC[C@H]2CNC3)c1.Cl. The van der Waals surface area contributed by atoms with Crippen LogP contribution in [0.1, 0.15) is 25.7 Å². The van der Waals surface area contributed by atoms with Gasteiger partial charge in [-0.15, -0.1) is 12.4 Å². The zero-order valence-electron chi connectivity index (χ0n) is 14.6. The molecular weight excluding hydrogens is 362 g/mol. The van der Waals surface area contributed by atoms with E-state index in [2.05, 4.69) is 10.6 Å². The Morgan fingerprint density at radius 3 is 2.80 bits per heavy atom. The lowest BCUT2D eigenvalue weighted by Crippen LogP contribution is -2.44. The van der Waals surface area contributed by atoms with Gasteiger partial charge in [0.05, 0.1) is 10.3 Å². The molecule has 2 atom stereocenters. The van der Waals surface area contributed by atoms with Crippen molar-refractivity contribution in [3.63, 3.8) is 0 Å². The highest BCUT2D eigenvalue weighted by Gasteiger charge is 2.49. The van der Waals surface area contributed by atoms with Gasteiger partial charge in [-0.1, -0.05) is 18.9 Å². The number of rotatable bonds is 4. The van der Waals surface area contributed by atoms with Crippen molar-refractivity contribution in [3.05, 3.63) is 24.3 Å². The molecule has 0 unspecified atom stereocenters. The van der Waals surface area contributed by atoms with Crippen molar-refractivity contribution in [1.29, 1.82) is 0 Å². The van der Waals surface area contributed by atoms with Crippen LogP contribution in [0, 0.1) is 11.3 Å². The molecule has 1 aromatic rings. The van der Waals surface area contributed by atoms with E-state index in [4.69, 9.17) is 0 Å². The molecule has 1 heterocycles. The van der Waals surface area contributed by atoms with Gasteiger partial charge in [0.25, 0.3) is 0 Å². The van der Waals surface area contributed by atoms with Crippen molar-refractivity contribution in [3.8, 4) is 0 Å². The van der Waals surface area contributed by atoms with Crippen LogP contribution < -0.4 is 10.6 Å². The standard InChI is InChI=1S/C17H25N3O3S.ClH/c1-20(2)24(22,23)15-8-5-7-14(10-15)19-16(21)17-9-4-3-6-13(17)11-18-12-17;/h5,7-8,10,13,18H,3-4,6,9,11-12H2,1-2H3,(H,19,21);1H/t13-,17+;/m0./s1. The van der Waals surface area contributed by atoms with Crippen molar-refractivity contribution in [2.75, 3.05) is 32.5 Å². The number of carbonyl (C=O) groups excluding carboxylic acids is 1. The predicted octanol–water partition coefficient (Wildman–Crippen LogP) is 2.08. The molecular formula is C17H26ClN3O3S. The Kier molecular flexibility index (Phi) is 6.14. The van der Waals surface area contributed by atoms with Crippen LogP contribution in [0.4, 0.5) is 5.69 Å². The van der Waals surface area contributed by atoms with Crippen LogP contribution in [-0.4, -0.2) is 45.8 Å². The molecule has 1 saturated carbocycles. The molecule has 0 bridgehead atoms. The van der Waals surface area contributed by atoms with Crippen LogP contribution in [0.25, 0.3) is 0 Å². The molecule has 3 rings (SSSR count). The highest BCUT2D eigenvalue weighted by molar-refractivity contribution is 7.89. The van der Waals surface area contributed by atoms with E-state index in [1.807, 2.05) is 0 Å². The van der Waals surface area contributed by atoms with E-state index in [-0.39, 0.29) is 28.6 Å². The van der Waals surface area contributed by atoms with Crippen LogP contribution in [0.15, 0.2) is 29.2 Å². The maximum absolute atomic E-state index is 13.0. The molecule has 0 radical (unpaired) electrons. The summed E-state index contributed by atoms with van der Waals surface area (Å²) in [7, 11) is -0.517. The van der Waals surface area contributed by atoms with Crippen LogP contribution in [0.5, 0.6) is 0 Å². The number of nitrogens with one attached hydrogen (secondary N) is 2. The third-order valence-electron chi connectivity index (χ3n) is 5.36. The number of carbonyl (C=O) groups is 1. The first-order valence-corrected chi connectivity index (χ1v) is 9.85. The average molecular weight is 388 g/mol. The molecule has 1 amide bonds. The fraction of sp³-hybridized carbons (Fsp3) is 0.588. The van der Waals surface area contributed by atoms with Crippen LogP contribution in [-0.2, 0) is 14.8 Å². The van der Waals surface area contributed by atoms with Crippen molar-refractivity contribution < 1.29 is 13.2 Å². The minimum Gasteiger partial charge on any atom is -0.326 e. The van der Waals surface area contributed by atoms with Gasteiger partial charge in [-0.3, -0.25) is 4.79 Å². The van der Waals surface area contributed by atoms with Crippen molar-refractivity contribution >= 4 is 34.0 Å². The second-order valence-corrected chi connectivity index (χ2v) is 9.15.